The monoisotopic (exact) mass is 277 g/mol. The maximum absolute atomic E-state index is 11.1. The van der Waals surface area contributed by atoms with Crippen LogP contribution < -0.4 is 0 Å². The van der Waals surface area contributed by atoms with E-state index in [0.717, 1.165) is 25.7 Å². The number of rotatable bonds is 3. The smallest absolute Gasteiger partial charge is 0.303 e. The maximum Gasteiger partial charge on any atom is 0.303 e. The molecular weight excluding hydrogens is 258 g/mol. The fourth-order valence-electron chi connectivity index (χ4n) is 3.49. The normalized spacial score (nSPS) is 41.8. The molecule has 0 amide bonds. The molecule has 0 aromatic carbocycles. The third kappa shape index (κ3) is 2.34. The number of fused-ring (bicyclic) bond motifs is 1. The summed E-state index contributed by atoms with van der Waals surface area (Å²) in [5, 5.41) is 8.68. The second-order valence-electron chi connectivity index (χ2n) is 5.77. The van der Waals surface area contributed by atoms with Crippen LogP contribution >= 0.6 is 0 Å². The van der Waals surface area contributed by atoms with E-state index in [1.807, 2.05) is 12.2 Å². The molecule has 1 aliphatic carbocycles. The van der Waals surface area contributed by atoms with Gasteiger partial charge < -0.3 is 14.2 Å². The summed E-state index contributed by atoms with van der Waals surface area (Å²) in [4.78, 5) is 11.1. The minimum Gasteiger partial charge on any atom is -0.456 e. The number of esters is 1. The quantitative estimate of drug-likeness (QED) is 0.582. The molecule has 2 heterocycles. The van der Waals surface area contributed by atoms with Gasteiger partial charge in [0.25, 0.3) is 0 Å². The molecule has 5 heteroatoms. The summed E-state index contributed by atoms with van der Waals surface area (Å²) < 4.78 is 17.5. The molecule has 1 unspecified atom stereocenters. The topological polar surface area (TPSA) is 68.5 Å². The second-order valence-corrected chi connectivity index (χ2v) is 5.77. The van der Waals surface area contributed by atoms with Gasteiger partial charge in [-0.1, -0.05) is 6.08 Å². The lowest BCUT2D eigenvalue weighted by molar-refractivity contribution is -0.152. The summed E-state index contributed by atoms with van der Waals surface area (Å²) in [5.41, 5.74) is -0.375. The molecule has 1 spiro atoms. The van der Waals surface area contributed by atoms with Crippen LogP contribution in [0.2, 0.25) is 0 Å². The number of carbonyl (C=O) groups excluding carboxylic acids is 1. The van der Waals surface area contributed by atoms with Gasteiger partial charge in [-0.3, -0.25) is 4.79 Å². The molecule has 3 rings (SSSR count). The summed E-state index contributed by atoms with van der Waals surface area (Å²) in [5.74, 6) is -0.290. The predicted octanol–water partition coefficient (Wildman–Crippen LogP) is 1.87. The van der Waals surface area contributed by atoms with E-state index < -0.39 is 0 Å². The van der Waals surface area contributed by atoms with Gasteiger partial charge in [0.2, 0.25) is 0 Å². The van der Waals surface area contributed by atoms with E-state index >= 15 is 0 Å². The van der Waals surface area contributed by atoms with Crippen molar-refractivity contribution in [2.75, 3.05) is 0 Å². The van der Waals surface area contributed by atoms with Crippen LogP contribution in [-0.4, -0.2) is 36.0 Å². The lowest BCUT2D eigenvalue weighted by Gasteiger charge is -2.40. The molecule has 3 aliphatic rings. The van der Waals surface area contributed by atoms with Crippen LogP contribution in [0.15, 0.2) is 12.2 Å². The highest BCUT2D eigenvalue weighted by atomic mass is 16.6. The zero-order valence-corrected chi connectivity index (χ0v) is 11.6. The first kappa shape index (κ1) is 13.6. The highest BCUT2D eigenvalue weighted by Gasteiger charge is 2.55. The highest BCUT2D eigenvalue weighted by Crippen LogP contribution is 2.47. The largest absolute Gasteiger partial charge is 0.456 e. The van der Waals surface area contributed by atoms with E-state index in [2.05, 4.69) is 6.07 Å². The first-order valence-electron chi connectivity index (χ1n) is 7.20. The molecule has 108 valence electrons. The Bertz CT molecular complexity index is 469. The van der Waals surface area contributed by atoms with Crippen molar-refractivity contribution in [1.29, 1.82) is 5.26 Å². The number of nitrogens with zero attached hydrogens (tertiary/aromatic N) is 1. The van der Waals surface area contributed by atoms with E-state index in [0.29, 0.717) is 6.42 Å². The first-order chi connectivity index (χ1) is 9.63. The molecule has 0 saturated carbocycles. The Labute approximate surface area is 118 Å². The minimum absolute atomic E-state index is 0.0441. The average Bonchev–Trinajstić information content (AvgIpc) is 2.72. The number of hydrogen-bond donors (Lipinski definition) is 0. The molecule has 2 saturated heterocycles. The zero-order chi connectivity index (χ0) is 14.2. The van der Waals surface area contributed by atoms with Crippen molar-refractivity contribution >= 4 is 5.97 Å². The van der Waals surface area contributed by atoms with Crippen LogP contribution in [0.5, 0.6) is 0 Å². The van der Waals surface area contributed by atoms with Gasteiger partial charge in [-0.05, 0) is 25.3 Å². The van der Waals surface area contributed by atoms with Gasteiger partial charge in [-0.25, -0.2) is 0 Å². The van der Waals surface area contributed by atoms with Gasteiger partial charge in [-0.2, -0.15) is 5.26 Å². The van der Waals surface area contributed by atoms with Crippen molar-refractivity contribution in [2.24, 2.45) is 0 Å². The summed E-state index contributed by atoms with van der Waals surface area (Å²) in [6, 6.07) is 2.17. The Morgan fingerprint density at radius 1 is 1.55 bits per heavy atom. The summed E-state index contributed by atoms with van der Waals surface area (Å²) in [6.45, 7) is 1.41. The Morgan fingerprint density at radius 2 is 2.40 bits per heavy atom. The van der Waals surface area contributed by atoms with E-state index in [1.165, 1.54) is 6.92 Å². The van der Waals surface area contributed by atoms with Crippen molar-refractivity contribution in [2.45, 2.75) is 69.0 Å². The Morgan fingerprint density at radius 3 is 3.15 bits per heavy atom. The Kier molecular flexibility index (Phi) is 3.53. The zero-order valence-electron chi connectivity index (χ0n) is 11.6. The molecule has 0 aromatic heterocycles. The number of ether oxygens (including phenoxy) is 3. The molecule has 2 aliphatic heterocycles. The molecule has 0 aromatic rings. The van der Waals surface area contributed by atoms with Gasteiger partial charge >= 0.3 is 5.97 Å². The van der Waals surface area contributed by atoms with Crippen LogP contribution in [0.3, 0.4) is 0 Å². The lowest BCUT2D eigenvalue weighted by atomic mass is 9.82. The van der Waals surface area contributed by atoms with Crippen LogP contribution in [-0.2, 0) is 19.0 Å². The second kappa shape index (κ2) is 5.19. The van der Waals surface area contributed by atoms with E-state index in [1.54, 1.807) is 0 Å². The Balaban J connectivity index is 1.71. The van der Waals surface area contributed by atoms with Crippen LogP contribution in [0.1, 0.15) is 39.0 Å². The lowest BCUT2D eigenvalue weighted by Crippen LogP contribution is -2.47. The van der Waals surface area contributed by atoms with Gasteiger partial charge in [0.05, 0.1) is 18.3 Å². The van der Waals surface area contributed by atoms with Crippen molar-refractivity contribution in [1.82, 2.24) is 0 Å². The number of carbonyl (C=O) groups is 1. The van der Waals surface area contributed by atoms with Crippen LogP contribution in [0, 0.1) is 11.3 Å². The van der Waals surface area contributed by atoms with Crippen LogP contribution in [0.4, 0.5) is 0 Å². The summed E-state index contributed by atoms with van der Waals surface area (Å²) in [6.07, 6.45) is 7.55. The van der Waals surface area contributed by atoms with Crippen molar-refractivity contribution in [3.63, 3.8) is 0 Å². The number of hydrogen-bond acceptors (Lipinski definition) is 5. The van der Waals surface area contributed by atoms with E-state index in [-0.39, 0.29) is 36.0 Å². The van der Waals surface area contributed by atoms with Crippen molar-refractivity contribution in [3.8, 4) is 6.07 Å². The van der Waals surface area contributed by atoms with E-state index in [4.69, 9.17) is 19.5 Å². The van der Waals surface area contributed by atoms with Crippen molar-refractivity contribution < 1.29 is 19.0 Å². The fourth-order valence-corrected chi connectivity index (χ4v) is 3.49. The molecule has 5 nitrogen and oxygen atoms in total. The molecular formula is C15H19NO4. The van der Waals surface area contributed by atoms with Gasteiger partial charge in [-0.15, -0.1) is 0 Å². The summed E-state index contributed by atoms with van der Waals surface area (Å²) >= 11 is 0. The molecule has 2 fully saturated rings. The highest BCUT2D eigenvalue weighted by molar-refractivity contribution is 5.66. The Hall–Kier alpha value is -1.38. The molecule has 5 atom stereocenters. The maximum atomic E-state index is 11.1. The van der Waals surface area contributed by atoms with Crippen LogP contribution in [0.25, 0.3) is 0 Å². The first-order valence-corrected chi connectivity index (χ1v) is 7.20. The molecule has 2 bridgehead atoms. The third-order valence-corrected chi connectivity index (χ3v) is 4.36. The SMILES string of the molecule is CC(=O)O[C@@H]1C=C[C@]23C[C@H]1O[C@H]2CCC(CCC#N)O3. The molecule has 0 N–H and O–H groups in total. The number of nitriles is 1. The van der Waals surface area contributed by atoms with Crippen molar-refractivity contribution in [3.05, 3.63) is 12.2 Å². The standard InChI is InChI=1S/C15H19NO4/c1-10(17)18-12-6-7-15-9-13(12)19-14(15)5-4-11(20-15)3-2-8-16/h6-7,11-14H,2-5,9H2,1H3/t11?,12-,13-,14+,15+/m1/s1. The average molecular weight is 277 g/mol. The summed E-state index contributed by atoms with van der Waals surface area (Å²) in [7, 11) is 0. The molecule has 20 heavy (non-hydrogen) atoms. The minimum atomic E-state index is -0.375. The van der Waals surface area contributed by atoms with E-state index in [9.17, 15) is 4.79 Å². The van der Waals surface area contributed by atoms with Gasteiger partial charge in [0.1, 0.15) is 17.8 Å². The van der Waals surface area contributed by atoms with Gasteiger partial charge in [0, 0.05) is 19.8 Å². The van der Waals surface area contributed by atoms with Gasteiger partial charge in [0.15, 0.2) is 0 Å². The fraction of sp³-hybridized carbons (Fsp3) is 0.733. The third-order valence-electron chi connectivity index (χ3n) is 4.36. The molecule has 0 radical (unpaired) electrons. The predicted molar refractivity (Wildman–Crippen MR) is 69.7 cm³/mol.